The van der Waals surface area contributed by atoms with Crippen LogP contribution in [-0.4, -0.2) is 29.0 Å². The Labute approximate surface area is 72.4 Å². The molecule has 0 fully saturated rings. The molecule has 0 bridgehead atoms. The van der Waals surface area contributed by atoms with Gasteiger partial charge in [-0.1, -0.05) is 6.92 Å². The first-order chi connectivity index (χ1) is 5.09. The van der Waals surface area contributed by atoms with E-state index in [1.807, 2.05) is 6.26 Å². The van der Waals surface area contributed by atoms with Crippen molar-refractivity contribution in [3.8, 4) is 0 Å². The molecule has 0 radical (unpaired) electrons. The van der Waals surface area contributed by atoms with Crippen LogP contribution in [0.15, 0.2) is 0 Å². The van der Waals surface area contributed by atoms with Crippen molar-refractivity contribution < 1.29 is 9.90 Å². The van der Waals surface area contributed by atoms with E-state index >= 15 is 0 Å². The molecule has 0 unspecified atom stereocenters. The molecule has 66 valence electrons. The molecule has 1 N–H and O–H groups in total. The van der Waals surface area contributed by atoms with Crippen LogP contribution in [-0.2, 0) is 4.79 Å². The average molecular weight is 176 g/mol. The fourth-order valence-corrected chi connectivity index (χ4v) is 1.24. The van der Waals surface area contributed by atoms with Crippen LogP contribution in [0.4, 0.5) is 0 Å². The van der Waals surface area contributed by atoms with E-state index < -0.39 is 6.10 Å². The number of ketones is 1. The molecule has 0 aliphatic carbocycles. The molecule has 0 aliphatic heterocycles. The number of rotatable bonds is 5. The SMILES string of the molecule is CSCC[C@@H](O)[C@H](C)C(C)=O. The van der Waals surface area contributed by atoms with Crippen LogP contribution in [0.5, 0.6) is 0 Å². The second kappa shape index (κ2) is 5.61. The Bertz CT molecular complexity index is 125. The number of aliphatic hydroxyl groups excluding tert-OH is 1. The molecule has 0 aromatic heterocycles. The van der Waals surface area contributed by atoms with E-state index in [4.69, 9.17) is 0 Å². The van der Waals surface area contributed by atoms with Crippen LogP contribution >= 0.6 is 11.8 Å². The summed E-state index contributed by atoms with van der Waals surface area (Å²) in [5.41, 5.74) is 0. The Kier molecular flexibility index (Phi) is 5.60. The van der Waals surface area contributed by atoms with Crippen LogP contribution in [0.2, 0.25) is 0 Å². The molecule has 0 aromatic rings. The maximum atomic E-state index is 10.8. The minimum absolute atomic E-state index is 0.0682. The number of hydrogen-bond donors (Lipinski definition) is 1. The van der Waals surface area contributed by atoms with Gasteiger partial charge in [0.15, 0.2) is 0 Å². The van der Waals surface area contributed by atoms with Gasteiger partial charge < -0.3 is 5.11 Å². The Hall–Kier alpha value is -0.0200. The molecule has 0 rings (SSSR count). The minimum Gasteiger partial charge on any atom is -0.392 e. The van der Waals surface area contributed by atoms with E-state index in [0.29, 0.717) is 6.42 Å². The monoisotopic (exact) mass is 176 g/mol. The van der Waals surface area contributed by atoms with Crippen molar-refractivity contribution in [2.75, 3.05) is 12.0 Å². The molecular formula is C8H16O2S. The summed E-state index contributed by atoms with van der Waals surface area (Å²) in [6.07, 6.45) is 2.24. The lowest BCUT2D eigenvalue weighted by Crippen LogP contribution is -2.24. The zero-order chi connectivity index (χ0) is 8.85. The molecule has 2 atom stereocenters. The third kappa shape index (κ3) is 4.43. The molecule has 0 heterocycles. The maximum Gasteiger partial charge on any atom is 0.135 e. The lowest BCUT2D eigenvalue weighted by molar-refractivity contribution is -0.123. The van der Waals surface area contributed by atoms with Gasteiger partial charge in [-0.2, -0.15) is 11.8 Å². The van der Waals surface area contributed by atoms with E-state index in [0.717, 1.165) is 5.75 Å². The van der Waals surface area contributed by atoms with Gasteiger partial charge in [0, 0.05) is 5.92 Å². The number of carbonyl (C=O) groups is 1. The average Bonchev–Trinajstić information content (AvgIpc) is 1.98. The molecule has 3 heteroatoms. The van der Waals surface area contributed by atoms with Gasteiger partial charge in [0.05, 0.1) is 6.10 Å². The molecule has 0 aromatic carbocycles. The highest BCUT2D eigenvalue weighted by Gasteiger charge is 2.17. The second-order valence-electron chi connectivity index (χ2n) is 2.75. The Morgan fingerprint density at radius 1 is 1.64 bits per heavy atom. The van der Waals surface area contributed by atoms with E-state index in [1.165, 1.54) is 6.92 Å². The van der Waals surface area contributed by atoms with Gasteiger partial charge in [0.1, 0.15) is 5.78 Å². The lowest BCUT2D eigenvalue weighted by atomic mass is 9.99. The summed E-state index contributed by atoms with van der Waals surface area (Å²) in [7, 11) is 0. The van der Waals surface area contributed by atoms with E-state index in [-0.39, 0.29) is 11.7 Å². The Balaban J connectivity index is 3.63. The van der Waals surface area contributed by atoms with Crippen molar-refractivity contribution in [3.63, 3.8) is 0 Å². The van der Waals surface area contributed by atoms with Crippen LogP contribution in [0.1, 0.15) is 20.3 Å². The first-order valence-electron chi connectivity index (χ1n) is 3.77. The van der Waals surface area contributed by atoms with Crippen LogP contribution in [0.25, 0.3) is 0 Å². The minimum atomic E-state index is -0.458. The third-order valence-electron chi connectivity index (χ3n) is 1.84. The highest BCUT2D eigenvalue weighted by molar-refractivity contribution is 7.98. The maximum absolute atomic E-state index is 10.8. The first-order valence-corrected chi connectivity index (χ1v) is 5.16. The molecular weight excluding hydrogens is 160 g/mol. The Morgan fingerprint density at radius 3 is 2.55 bits per heavy atom. The zero-order valence-corrected chi connectivity index (χ0v) is 8.15. The van der Waals surface area contributed by atoms with Gasteiger partial charge >= 0.3 is 0 Å². The first kappa shape index (κ1) is 11.0. The van der Waals surface area contributed by atoms with Gasteiger partial charge in [-0.05, 0) is 25.4 Å². The highest BCUT2D eigenvalue weighted by Crippen LogP contribution is 2.10. The fourth-order valence-electron chi connectivity index (χ4n) is 0.760. The lowest BCUT2D eigenvalue weighted by Gasteiger charge is -2.14. The summed E-state index contributed by atoms with van der Waals surface area (Å²) in [4.78, 5) is 10.8. The molecule has 0 saturated heterocycles. The molecule has 0 spiro atoms. The summed E-state index contributed by atoms with van der Waals surface area (Å²) in [6, 6.07) is 0. The van der Waals surface area contributed by atoms with E-state index in [2.05, 4.69) is 0 Å². The summed E-state index contributed by atoms with van der Waals surface area (Å²) < 4.78 is 0. The molecule has 2 nitrogen and oxygen atoms in total. The van der Waals surface area contributed by atoms with Crippen LogP contribution in [0, 0.1) is 5.92 Å². The van der Waals surface area contributed by atoms with Gasteiger partial charge in [-0.3, -0.25) is 4.79 Å². The van der Waals surface area contributed by atoms with Gasteiger partial charge in [0.2, 0.25) is 0 Å². The number of thioether (sulfide) groups is 1. The van der Waals surface area contributed by atoms with Crippen LogP contribution < -0.4 is 0 Å². The van der Waals surface area contributed by atoms with Crippen molar-refractivity contribution in [1.82, 2.24) is 0 Å². The largest absolute Gasteiger partial charge is 0.392 e. The molecule has 0 amide bonds. The number of Topliss-reactive ketones (excluding diaryl/α,β-unsaturated/α-hetero) is 1. The summed E-state index contributed by atoms with van der Waals surface area (Å²) in [5, 5.41) is 9.39. The highest BCUT2D eigenvalue weighted by atomic mass is 32.2. The van der Waals surface area contributed by atoms with Crippen molar-refractivity contribution in [2.45, 2.75) is 26.4 Å². The summed E-state index contributed by atoms with van der Waals surface area (Å²) in [5.74, 6) is 0.777. The van der Waals surface area contributed by atoms with Gasteiger partial charge in [0.25, 0.3) is 0 Å². The quantitative estimate of drug-likeness (QED) is 0.686. The van der Waals surface area contributed by atoms with Crippen molar-refractivity contribution >= 4 is 17.5 Å². The van der Waals surface area contributed by atoms with Gasteiger partial charge in [-0.15, -0.1) is 0 Å². The Morgan fingerprint density at radius 2 is 2.18 bits per heavy atom. The standard InChI is InChI=1S/C8H16O2S/c1-6(7(2)9)8(10)4-5-11-3/h6,8,10H,4-5H2,1-3H3/t6-,8-/m1/s1. The predicted octanol–water partition coefficient (Wildman–Crippen LogP) is 1.33. The third-order valence-corrected chi connectivity index (χ3v) is 2.48. The van der Waals surface area contributed by atoms with Crippen molar-refractivity contribution in [3.05, 3.63) is 0 Å². The van der Waals surface area contributed by atoms with Crippen molar-refractivity contribution in [2.24, 2.45) is 5.92 Å². The normalized spacial score (nSPS) is 16.0. The topological polar surface area (TPSA) is 37.3 Å². The molecule has 0 saturated carbocycles. The zero-order valence-electron chi connectivity index (χ0n) is 7.33. The number of hydrogen-bond acceptors (Lipinski definition) is 3. The number of aliphatic hydroxyl groups is 1. The molecule has 0 aliphatic rings. The van der Waals surface area contributed by atoms with E-state index in [1.54, 1.807) is 18.7 Å². The number of carbonyl (C=O) groups excluding carboxylic acids is 1. The van der Waals surface area contributed by atoms with E-state index in [9.17, 15) is 9.90 Å². The summed E-state index contributed by atoms with van der Waals surface area (Å²) >= 11 is 1.69. The van der Waals surface area contributed by atoms with Crippen molar-refractivity contribution in [1.29, 1.82) is 0 Å². The van der Waals surface area contributed by atoms with Gasteiger partial charge in [-0.25, -0.2) is 0 Å². The van der Waals surface area contributed by atoms with Crippen LogP contribution in [0.3, 0.4) is 0 Å². The smallest absolute Gasteiger partial charge is 0.135 e. The molecule has 11 heavy (non-hydrogen) atoms. The summed E-state index contributed by atoms with van der Waals surface area (Å²) in [6.45, 7) is 3.29. The fraction of sp³-hybridized carbons (Fsp3) is 0.875. The second-order valence-corrected chi connectivity index (χ2v) is 3.73. The predicted molar refractivity (Wildman–Crippen MR) is 48.9 cm³/mol.